The van der Waals surface area contributed by atoms with E-state index < -0.39 is 19.9 Å². The fourth-order valence-electron chi connectivity index (χ4n) is 1.74. The van der Waals surface area contributed by atoms with Crippen molar-refractivity contribution in [3.63, 3.8) is 0 Å². The minimum Gasteiger partial charge on any atom is -0.225 e. The largest absolute Gasteiger partial charge is 0.238 e. The molecule has 0 amide bonds. The van der Waals surface area contributed by atoms with Crippen LogP contribution in [0.3, 0.4) is 0 Å². The summed E-state index contributed by atoms with van der Waals surface area (Å²) >= 11 is 0. The van der Waals surface area contributed by atoms with E-state index >= 15 is 0 Å². The molecule has 7 heteroatoms. The molecule has 2 aromatic rings. The summed E-state index contributed by atoms with van der Waals surface area (Å²) in [4.78, 5) is 0.228. The fraction of sp³-hybridized carbons (Fsp3) is 0.0769. The number of hydrogen-bond donors (Lipinski definition) is 1. The van der Waals surface area contributed by atoms with Gasteiger partial charge in [-0.15, -0.1) is 0 Å². The molecule has 0 saturated carbocycles. The summed E-state index contributed by atoms with van der Waals surface area (Å²) in [5, 5.41) is 5.02. The minimum absolute atomic E-state index is 0.0144. The summed E-state index contributed by atoms with van der Waals surface area (Å²) < 4.78 is 45.3. The van der Waals surface area contributed by atoms with E-state index in [1.54, 1.807) is 30.3 Å². The van der Waals surface area contributed by atoms with Crippen LogP contribution < -0.4 is 5.14 Å². The highest BCUT2D eigenvalue weighted by molar-refractivity contribution is 7.90. The molecule has 0 aliphatic carbocycles. The SMILES string of the molecule is CS(=O)(=O)c1cccc(-c2ccc(S(N)(=O)=O)cc2)c1. The Balaban J connectivity index is 2.48. The van der Waals surface area contributed by atoms with E-state index in [1.807, 2.05) is 0 Å². The lowest BCUT2D eigenvalue weighted by Crippen LogP contribution is -2.11. The van der Waals surface area contributed by atoms with Crippen LogP contribution >= 0.6 is 0 Å². The predicted octanol–water partition coefficient (Wildman–Crippen LogP) is 1.40. The first kappa shape index (κ1) is 14.7. The third-order valence-corrected chi connectivity index (χ3v) is 4.82. The second-order valence-corrected chi connectivity index (χ2v) is 7.95. The number of sulfone groups is 1. The van der Waals surface area contributed by atoms with Crippen LogP contribution in [0.1, 0.15) is 0 Å². The van der Waals surface area contributed by atoms with Crippen molar-refractivity contribution in [1.82, 2.24) is 0 Å². The molecule has 0 spiro atoms. The van der Waals surface area contributed by atoms with E-state index in [4.69, 9.17) is 5.14 Å². The van der Waals surface area contributed by atoms with Crippen LogP contribution in [0.5, 0.6) is 0 Å². The highest BCUT2D eigenvalue weighted by atomic mass is 32.2. The molecule has 20 heavy (non-hydrogen) atoms. The topological polar surface area (TPSA) is 94.3 Å². The highest BCUT2D eigenvalue weighted by Gasteiger charge is 2.10. The molecule has 106 valence electrons. The molecular weight excluding hydrogens is 298 g/mol. The van der Waals surface area contributed by atoms with Crippen molar-refractivity contribution in [2.24, 2.45) is 5.14 Å². The lowest BCUT2D eigenvalue weighted by Gasteiger charge is -2.05. The lowest BCUT2D eigenvalue weighted by molar-refractivity contribution is 0.597. The van der Waals surface area contributed by atoms with Crippen molar-refractivity contribution in [3.8, 4) is 11.1 Å². The van der Waals surface area contributed by atoms with E-state index in [0.717, 1.165) is 6.26 Å². The number of rotatable bonds is 3. The van der Waals surface area contributed by atoms with Crippen molar-refractivity contribution in [2.75, 3.05) is 6.26 Å². The quantitative estimate of drug-likeness (QED) is 0.927. The molecule has 0 radical (unpaired) electrons. The van der Waals surface area contributed by atoms with Crippen LogP contribution in [0.4, 0.5) is 0 Å². The van der Waals surface area contributed by atoms with E-state index in [0.29, 0.717) is 11.1 Å². The number of sulfonamides is 1. The zero-order valence-corrected chi connectivity index (χ0v) is 12.3. The zero-order valence-electron chi connectivity index (χ0n) is 10.6. The summed E-state index contributed by atoms with van der Waals surface area (Å²) in [6, 6.07) is 12.4. The maximum absolute atomic E-state index is 11.5. The van der Waals surface area contributed by atoms with Crippen molar-refractivity contribution in [3.05, 3.63) is 48.5 Å². The van der Waals surface area contributed by atoms with Gasteiger partial charge < -0.3 is 0 Å². The van der Waals surface area contributed by atoms with E-state index in [1.165, 1.54) is 18.2 Å². The normalized spacial score (nSPS) is 12.3. The van der Waals surface area contributed by atoms with Crippen LogP contribution in [-0.4, -0.2) is 23.1 Å². The van der Waals surface area contributed by atoms with Gasteiger partial charge >= 0.3 is 0 Å². The van der Waals surface area contributed by atoms with Crippen molar-refractivity contribution in [1.29, 1.82) is 0 Å². The molecule has 0 aliphatic rings. The monoisotopic (exact) mass is 311 g/mol. The molecule has 0 saturated heterocycles. The van der Waals surface area contributed by atoms with Gasteiger partial charge in [0.25, 0.3) is 0 Å². The Morgan fingerprint density at radius 3 is 1.90 bits per heavy atom. The Labute approximate surface area is 118 Å². The Kier molecular flexibility index (Phi) is 3.68. The zero-order chi connectivity index (χ0) is 15.0. The molecule has 5 nitrogen and oxygen atoms in total. The smallest absolute Gasteiger partial charge is 0.225 e. The molecule has 0 bridgehead atoms. The maximum Gasteiger partial charge on any atom is 0.238 e. The second-order valence-electron chi connectivity index (χ2n) is 4.37. The van der Waals surface area contributed by atoms with Crippen LogP contribution in [0.2, 0.25) is 0 Å². The van der Waals surface area contributed by atoms with Gasteiger partial charge in [0, 0.05) is 6.26 Å². The summed E-state index contributed by atoms with van der Waals surface area (Å²) in [6.07, 6.45) is 1.14. The Hall–Kier alpha value is -1.70. The molecule has 0 fully saturated rings. The third kappa shape index (κ3) is 3.24. The maximum atomic E-state index is 11.5. The van der Waals surface area contributed by atoms with Gasteiger partial charge in [0.15, 0.2) is 9.84 Å². The van der Waals surface area contributed by atoms with Crippen LogP contribution in [0.15, 0.2) is 58.3 Å². The molecular formula is C13H13NO4S2. The van der Waals surface area contributed by atoms with Gasteiger partial charge in [0.1, 0.15) is 0 Å². The molecule has 2 rings (SSSR count). The molecule has 0 aromatic heterocycles. The number of primary sulfonamides is 1. The van der Waals surface area contributed by atoms with Crippen molar-refractivity contribution < 1.29 is 16.8 Å². The van der Waals surface area contributed by atoms with Crippen LogP contribution in [0.25, 0.3) is 11.1 Å². The first-order chi connectivity index (χ1) is 9.18. The Bertz CT molecular complexity index is 838. The first-order valence-electron chi connectivity index (χ1n) is 5.61. The number of hydrogen-bond acceptors (Lipinski definition) is 4. The van der Waals surface area contributed by atoms with Crippen molar-refractivity contribution in [2.45, 2.75) is 9.79 Å². The predicted molar refractivity (Wildman–Crippen MR) is 76.4 cm³/mol. The number of nitrogens with two attached hydrogens (primary N) is 1. The molecule has 0 aliphatic heterocycles. The second kappa shape index (κ2) is 5.01. The molecule has 2 N–H and O–H groups in total. The molecule has 2 aromatic carbocycles. The van der Waals surface area contributed by atoms with E-state index in [2.05, 4.69) is 0 Å². The molecule has 0 atom stereocenters. The Morgan fingerprint density at radius 2 is 1.40 bits per heavy atom. The average molecular weight is 311 g/mol. The first-order valence-corrected chi connectivity index (χ1v) is 9.05. The average Bonchev–Trinajstić information content (AvgIpc) is 2.37. The summed E-state index contributed by atoms with van der Waals surface area (Å²) in [5.74, 6) is 0. The van der Waals surface area contributed by atoms with Gasteiger partial charge in [-0.1, -0.05) is 24.3 Å². The van der Waals surface area contributed by atoms with Gasteiger partial charge in [-0.05, 0) is 35.4 Å². The van der Waals surface area contributed by atoms with Crippen LogP contribution in [-0.2, 0) is 19.9 Å². The van der Waals surface area contributed by atoms with Gasteiger partial charge in [-0.2, -0.15) is 0 Å². The lowest BCUT2D eigenvalue weighted by atomic mass is 10.1. The van der Waals surface area contributed by atoms with Gasteiger partial charge in [-0.25, -0.2) is 22.0 Å². The van der Waals surface area contributed by atoms with Crippen molar-refractivity contribution >= 4 is 19.9 Å². The van der Waals surface area contributed by atoms with Crippen LogP contribution in [0, 0.1) is 0 Å². The minimum atomic E-state index is -3.73. The fourth-order valence-corrected chi connectivity index (χ4v) is 2.93. The highest BCUT2D eigenvalue weighted by Crippen LogP contribution is 2.23. The van der Waals surface area contributed by atoms with E-state index in [-0.39, 0.29) is 9.79 Å². The standard InChI is InChI=1S/C13H13NO4S2/c1-19(15,16)13-4-2-3-11(9-13)10-5-7-12(8-6-10)20(14,17)18/h2-9H,1H3,(H2,14,17,18). The van der Waals surface area contributed by atoms with Gasteiger partial charge in [-0.3, -0.25) is 0 Å². The van der Waals surface area contributed by atoms with E-state index in [9.17, 15) is 16.8 Å². The third-order valence-electron chi connectivity index (χ3n) is 2.78. The summed E-state index contributed by atoms with van der Waals surface area (Å²) in [5.41, 5.74) is 1.40. The molecule has 0 unspecified atom stereocenters. The van der Waals surface area contributed by atoms with Gasteiger partial charge in [0.2, 0.25) is 10.0 Å². The molecule has 0 heterocycles. The summed E-state index contributed by atoms with van der Waals surface area (Å²) in [6.45, 7) is 0. The number of benzene rings is 2. The van der Waals surface area contributed by atoms with Gasteiger partial charge in [0.05, 0.1) is 9.79 Å². The Morgan fingerprint density at radius 1 is 0.800 bits per heavy atom. The summed E-state index contributed by atoms with van der Waals surface area (Å²) in [7, 11) is -7.01.